The number of fused-ring (bicyclic) bond motifs is 4. The first-order chi connectivity index (χ1) is 34.3. The monoisotopic (exact) mass is 1050 g/mol. The lowest BCUT2D eigenvalue weighted by Crippen LogP contribution is -2.41. The van der Waals surface area contributed by atoms with Crippen molar-refractivity contribution >= 4 is 109 Å². The Balaban J connectivity index is 0.000000137. The van der Waals surface area contributed by atoms with Crippen LogP contribution in [0, 0.1) is 11.8 Å². The highest BCUT2D eigenvalue weighted by atomic mass is 35.5. The van der Waals surface area contributed by atoms with Gasteiger partial charge in [-0.2, -0.15) is 10.2 Å². The lowest BCUT2D eigenvalue weighted by Gasteiger charge is -2.32. The molecule has 3 fully saturated rings. The fourth-order valence-corrected chi connectivity index (χ4v) is 10.9. The maximum Gasteiger partial charge on any atom is 0.495 e. The third kappa shape index (κ3) is 11.8. The summed E-state index contributed by atoms with van der Waals surface area (Å²) in [6, 6.07) is 18.9. The molecule has 0 spiro atoms. The molecule has 4 atom stereocenters. The van der Waals surface area contributed by atoms with E-state index >= 15 is 0 Å². The number of hydrogen-bond acceptors (Lipinski definition) is 14. The molecule has 3 aliphatic rings. The highest BCUT2D eigenvalue weighted by Gasteiger charge is 2.52. The average Bonchev–Trinajstić information content (AvgIpc) is 4.20. The van der Waals surface area contributed by atoms with Gasteiger partial charge in [-0.3, -0.25) is 14.7 Å². The minimum absolute atomic E-state index is 0.0763. The Labute approximate surface area is 433 Å². The molecule has 3 saturated heterocycles. The molecule has 0 aliphatic carbocycles. The Hall–Kier alpha value is -5.48. The molecule has 0 saturated carbocycles. The standard InChI is InChI=1S/C19H25BN2O4S.C19H17N5O2S.C13H19ClN2OSi/c1-11(12-6-16(23)21-9-12)24-15-8-13(7-14-17(15)27-10-22-14)20-25-18(2,3)19(4,5)26-20;1-10(13-6-17(25)20-7-13)26-16-5-12(4-15-18(16)27-9-21-15)14-3-2-11-8-22-24-19(11)23-14;1-18(2,3)7-6-17-10-16-13-8-12(14)5-4-11(13)9-15-16/h7-8,10-12H,6,9H2,1-5H3,(H,21,23);2-5,8-10,13H,6-7H2,1H3,(H,20,25)(H,22,23,24);4-5,8-9H,6-7,10H2,1-3H3/t11-,12-;10-,13-;/m11./s1. The summed E-state index contributed by atoms with van der Waals surface area (Å²) in [6.07, 6.45) is 4.45. The SMILES string of the molecule is C[C@@H](Oc1cc(-c2ccc3cn[nH]c3n2)cc2ncsc12)[C@H]1CNC(=O)C1.C[C@@H](Oc1cc(B2OC(C)(C)C(C)(C)O2)cc2ncsc12)[C@H]1CNC(=O)C1.C[Si](C)(C)CCOCn1ncc2ccc(Cl)cc21. The number of carbonyl (C=O) groups is 2. The number of rotatable bonds is 13. The van der Waals surface area contributed by atoms with Crippen LogP contribution in [0.4, 0.5) is 0 Å². The van der Waals surface area contributed by atoms with Gasteiger partial charge in [0, 0.05) is 73.8 Å². The molecule has 3 aromatic carbocycles. The van der Waals surface area contributed by atoms with E-state index in [2.05, 4.69) is 60.5 Å². The number of amides is 2. The van der Waals surface area contributed by atoms with Crippen molar-refractivity contribution in [1.82, 2.24) is 45.6 Å². The molecule has 21 heteroatoms. The van der Waals surface area contributed by atoms with Crippen molar-refractivity contribution in [2.45, 2.75) is 110 Å². The molecular formula is C51H61BClN9O7S2Si. The Morgan fingerprint density at radius 2 is 1.43 bits per heavy atom. The van der Waals surface area contributed by atoms with Crippen molar-refractivity contribution < 1.29 is 33.1 Å². The highest BCUT2D eigenvalue weighted by molar-refractivity contribution is 7.17. The first-order valence-corrected chi connectivity index (χ1v) is 30.1. The molecule has 2 amide bonds. The summed E-state index contributed by atoms with van der Waals surface area (Å²) >= 11 is 9.09. The van der Waals surface area contributed by atoms with Crippen LogP contribution in [0.3, 0.4) is 0 Å². The van der Waals surface area contributed by atoms with Crippen molar-refractivity contribution in [3.8, 4) is 22.8 Å². The Morgan fingerprint density at radius 1 is 0.819 bits per heavy atom. The second-order valence-corrected chi connectivity index (χ2v) is 28.6. The largest absolute Gasteiger partial charge is 0.495 e. The molecule has 378 valence electrons. The van der Waals surface area contributed by atoms with Crippen LogP contribution in [-0.4, -0.2) is 105 Å². The smallest absolute Gasteiger partial charge is 0.489 e. The fraction of sp³-hybridized carbons (Fsp3) is 0.431. The van der Waals surface area contributed by atoms with Gasteiger partial charge in [0.05, 0.1) is 66.3 Å². The Bertz CT molecular complexity index is 3210. The van der Waals surface area contributed by atoms with E-state index in [-0.39, 0.29) is 35.9 Å². The fourth-order valence-electron chi connectivity index (χ4n) is 8.51. The molecule has 3 N–H and O–H groups in total. The van der Waals surface area contributed by atoms with Gasteiger partial charge in [0.25, 0.3) is 0 Å². The third-order valence-electron chi connectivity index (χ3n) is 13.7. The molecule has 3 aliphatic heterocycles. The van der Waals surface area contributed by atoms with Crippen LogP contribution in [0.25, 0.3) is 53.6 Å². The number of nitrogens with zero attached hydrogens (tertiary/aromatic N) is 6. The van der Waals surface area contributed by atoms with E-state index in [1.54, 1.807) is 28.9 Å². The van der Waals surface area contributed by atoms with Gasteiger partial charge in [-0.1, -0.05) is 31.2 Å². The van der Waals surface area contributed by atoms with Gasteiger partial charge in [-0.05, 0) is 108 Å². The highest BCUT2D eigenvalue weighted by Crippen LogP contribution is 2.39. The van der Waals surface area contributed by atoms with Gasteiger partial charge in [-0.25, -0.2) is 19.6 Å². The lowest BCUT2D eigenvalue weighted by atomic mass is 9.79. The summed E-state index contributed by atoms with van der Waals surface area (Å²) in [4.78, 5) is 36.6. The number of halogens is 1. The number of thiazole rings is 2. The second kappa shape index (κ2) is 21.2. The van der Waals surface area contributed by atoms with E-state index in [1.165, 1.54) is 6.04 Å². The van der Waals surface area contributed by atoms with Crippen molar-refractivity contribution in [3.63, 3.8) is 0 Å². The van der Waals surface area contributed by atoms with E-state index in [4.69, 9.17) is 35.1 Å². The molecule has 5 aromatic heterocycles. The zero-order chi connectivity index (χ0) is 51.0. The van der Waals surface area contributed by atoms with Gasteiger partial charge in [-0.15, -0.1) is 22.7 Å². The van der Waals surface area contributed by atoms with Crippen LogP contribution < -0.4 is 25.6 Å². The Morgan fingerprint density at radius 3 is 2.04 bits per heavy atom. The maximum absolute atomic E-state index is 11.5. The summed E-state index contributed by atoms with van der Waals surface area (Å²) in [7, 11) is -1.48. The normalized spacial score (nSPS) is 19.2. The third-order valence-corrected chi connectivity index (χ3v) is 17.4. The lowest BCUT2D eigenvalue weighted by molar-refractivity contribution is -0.120. The van der Waals surface area contributed by atoms with E-state index < -0.39 is 26.4 Å². The summed E-state index contributed by atoms with van der Waals surface area (Å²) in [6.45, 7) is 21.8. The molecular weight excluding hydrogens is 989 g/mol. The minimum Gasteiger partial charge on any atom is -0.489 e. The summed E-state index contributed by atoms with van der Waals surface area (Å²) < 4.78 is 34.5. The first kappa shape index (κ1) is 51.4. The van der Waals surface area contributed by atoms with E-state index in [0.29, 0.717) is 32.7 Å². The number of ether oxygens (including phenoxy) is 3. The molecule has 8 heterocycles. The maximum atomic E-state index is 11.5. The van der Waals surface area contributed by atoms with Crippen LogP contribution in [0.15, 0.2) is 78.0 Å². The van der Waals surface area contributed by atoms with Crippen molar-refractivity contribution in [2.75, 3.05) is 19.7 Å². The van der Waals surface area contributed by atoms with Gasteiger partial charge < -0.3 is 34.2 Å². The second-order valence-electron chi connectivity index (χ2n) is 20.9. The zero-order valence-corrected chi connectivity index (χ0v) is 45.5. The predicted octanol–water partition coefficient (Wildman–Crippen LogP) is 9.64. The van der Waals surface area contributed by atoms with Gasteiger partial charge in [0.2, 0.25) is 11.8 Å². The first-order valence-electron chi connectivity index (χ1n) is 24.3. The van der Waals surface area contributed by atoms with Crippen LogP contribution in [-0.2, 0) is 30.4 Å². The van der Waals surface area contributed by atoms with Crippen LogP contribution in [0.1, 0.15) is 54.4 Å². The number of aromatic nitrogens is 7. The number of aromatic amines is 1. The summed E-state index contributed by atoms with van der Waals surface area (Å²) in [5, 5.41) is 19.8. The molecule has 0 bridgehead atoms. The van der Waals surface area contributed by atoms with Crippen molar-refractivity contribution in [3.05, 3.63) is 83.0 Å². The van der Waals surface area contributed by atoms with Crippen LogP contribution in [0.2, 0.25) is 30.7 Å². The number of hydrogen-bond donors (Lipinski definition) is 3. The van der Waals surface area contributed by atoms with E-state index in [9.17, 15) is 9.59 Å². The number of nitrogens with one attached hydrogen (secondary N) is 3. The minimum atomic E-state index is -1.02. The molecule has 0 unspecified atom stereocenters. The van der Waals surface area contributed by atoms with Crippen LogP contribution in [0.5, 0.6) is 11.5 Å². The van der Waals surface area contributed by atoms with Crippen molar-refractivity contribution in [1.29, 1.82) is 0 Å². The Kier molecular flexibility index (Phi) is 15.1. The van der Waals surface area contributed by atoms with Crippen LogP contribution >= 0.6 is 34.3 Å². The van der Waals surface area contributed by atoms with E-state index in [0.717, 1.165) is 82.2 Å². The number of carbonyl (C=O) groups excluding carboxylic acids is 2. The quantitative estimate of drug-likeness (QED) is 0.0734. The number of benzene rings is 3. The molecule has 11 rings (SSSR count). The molecule has 0 radical (unpaired) electrons. The van der Waals surface area contributed by atoms with Crippen molar-refractivity contribution in [2.24, 2.45) is 11.8 Å². The molecule has 72 heavy (non-hydrogen) atoms. The average molecular weight is 1050 g/mol. The molecule has 8 aromatic rings. The number of pyridine rings is 1. The zero-order valence-electron chi connectivity index (χ0n) is 42.1. The van der Waals surface area contributed by atoms with Gasteiger partial charge in [0.1, 0.15) is 30.4 Å². The summed E-state index contributed by atoms with van der Waals surface area (Å²) in [5.74, 6) is 2.06. The van der Waals surface area contributed by atoms with Gasteiger partial charge >= 0.3 is 7.12 Å². The topological polar surface area (TPSA) is 190 Å². The number of H-pyrrole nitrogens is 1. The molecule has 16 nitrogen and oxygen atoms in total. The summed E-state index contributed by atoms with van der Waals surface area (Å²) in [5.41, 5.74) is 9.02. The van der Waals surface area contributed by atoms with E-state index in [1.807, 2.05) is 118 Å². The van der Waals surface area contributed by atoms with Gasteiger partial charge in [0.15, 0.2) is 5.65 Å². The predicted molar refractivity (Wildman–Crippen MR) is 289 cm³/mol.